The zero-order valence-electron chi connectivity index (χ0n) is 11.1. The molecule has 0 saturated heterocycles. The van der Waals surface area contributed by atoms with E-state index >= 15 is 0 Å². The Morgan fingerprint density at radius 2 is 2.00 bits per heavy atom. The molecule has 6 heteroatoms. The molecule has 108 valence electrons. The summed E-state index contributed by atoms with van der Waals surface area (Å²) in [5.74, 6) is 0. The number of nitrogens with two attached hydrogens (primary N) is 1. The molecule has 0 aliphatic rings. The highest BCUT2D eigenvalue weighted by molar-refractivity contribution is 5.26. The first-order valence-electron chi connectivity index (χ1n) is 6.25. The van der Waals surface area contributed by atoms with E-state index in [-0.39, 0.29) is 6.04 Å². The lowest BCUT2D eigenvalue weighted by atomic mass is 10.0. The maximum atomic E-state index is 12.6. The van der Waals surface area contributed by atoms with Gasteiger partial charge in [-0.05, 0) is 24.1 Å². The van der Waals surface area contributed by atoms with Crippen LogP contribution in [0.3, 0.4) is 0 Å². The number of rotatable bonds is 4. The molecule has 2 N–H and O–H groups in total. The van der Waals surface area contributed by atoms with Gasteiger partial charge in [-0.25, -0.2) is 0 Å². The summed E-state index contributed by atoms with van der Waals surface area (Å²) in [4.78, 5) is 0. The summed E-state index contributed by atoms with van der Waals surface area (Å²) in [6.45, 7) is 0. The highest BCUT2D eigenvalue weighted by atomic mass is 19.4. The van der Waals surface area contributed by atoms with Crippen LogP contribution >= 0.6 is 0 Å². The zero-order chi connectivity index (χ0) is 14.8. The van der Waals surface area contributed by atoms with Gasteiger partial charge in [0, 0.05) is 25.7 Å². The second-order valence-corrected chi connectivity index (χ2v) is 4.85. The number of alkyl halides is 3. The predicted octanol–water partition coefficient (Wildman–Crippen LogP) is 2.55. The minimum absolute atomic E-state index is 0.256. The van der Waals surface area contributed by atoms with Crippen LogP contribution < -0.4 is 5.73 Å². The number of nitrogens with zero attached hydrogens (tertiary/aromatic N) is 2. The molecule has 1 heterocycles. The first-order valence-corrected chi connectivity index (χ1v) is 6.25. The van der Waals surface area contributed by atoms with Gasteiger partial charge in [0.1, 0.15) is 0 Å². The van der Waals surface area contributed by atoms with Crippen molar-refractivity contribution >= 4 is 0 Å². The molecule has 0 radical (unpaired) electrons. The molecule has 0 aliphatic carbocycles. The van der Waals surface area contributed by atoms with Gasteiger partial charge in [0.15, 0.2) is 0 Å². The van der Waals surface area contributed by atoms with Crippen LogP contribution in [0.4, 0.5) is 13.2 Å². The summed E-state index contributed by atoms with van der Waals surface area (Å²) in [5, 5.41) is 4.21. The van der Waals surface area contributed by atoms with Gasteiger partial charge in [-0.3, -0.25) is 4.68 Å². The van der Waals surface area contributed by atoms with Crippen LogP contribution in [0.15, 0.2) is 36.5 Å². The third-order valence-corrected chi connectivity index (χ3v) is 2.99. The Bertz CT molecular complexity index is 575. The van der Waals surface area contributed by atoms with E-state index < -0.39 is 11.7 Å². The maximum absolute atomic E-state index is 12.6. The van der Waals surface area contributed by atoms with E-state index in [9.17, 15) is 13.2 Å². The molecular weight excluding hydrogens is 267 g/mol. The molecule has 0 bridgehead atoms. The van der Waals surface area contributed by atoms with Gasteiger partial charge >= 0.3 is 6.18 Å². The molecule has 0 amide bonds. The Kier molecular flexibility index (Phi) is 4.13. The second kappa shape index (κ2) is 5.66. The van der Waals surface area contributed by atoms with Crippen molar-refractivity contribution in [3.8, 4) is 0 Å². The van der Waals surface area contributed by atoms with Gasteiger partial charge in [-0.2, -0.15) is 18.3 Å². The summed E-state index contributed by atoms with van der Waals surface area (Å²) in [6, 6.07) is 6.88. The van der Waals surface area contributed by atoms with Crippen LogP contribution in [-0.2, 0) is 26.1 Å². The Morgan fingerprint density at radius 1 is 1.25 bits per heavy atom. The van der Waals surface area contributed by atoms with Crippen LogP contribution in [-0.4, -0.2) is 15.8 Å². The summed E-state index contributed by atoms with van der Waals surface area (Å²) in [7, 11) is 1.81. The normalized spacial score (nSPS) is 13.4. The van der Waals surface area contributed by atoms with Crippen molar-refractivity contribution in [2.45, 2.75) is 25.1 Å². The number of halogens is 3. The summed E-state index contributed by atoms with van der Waals surface area (Å²) >= 11 is 0. The number of benzene rings is 1. The SMILES string of the molecule is Cn1ccc(CC(N)Cc2cccc(C(F)(F)F)c2)n1. The van der Waals surface area contributed by atoms with Crippen molar-refractivity contribution in [3.63, 3.8) is 0 Å². The summed E-state index contributed by atoms with van der Waals surface area (Å²) < 4.78 is 39.5. The third-order valence-electron chi connectivity index (χ3n) is 2.99. The fourth-order valence-electron chi connectivity index (χ4n) is 2.09. The van der Waals surface area contributed by atoms with Crippen molar-refractivity contribution in [3.05, 3.63) is 53.3 Å². The third kappa shape index (κ3) is 3.84. The van der Waals surface area contributed by atoms with E-state index in [1.54, 1.807) is 10.7 Å². The Labute approximate surface area is 115 Å². The maximum Gasteiger partial charge on any atom is 0.416 e. The molecule has 0 spiro atoms. The number of hydrogen-bond donors (Lipinski definition) is 1. The van der Waals surface area contributed by atoms with Crippen LogP contribution in [0.5, 0.6) is 0 Å². The Morgan fingerprint density at radius 3 is 2.60 bits per heavy atom. The fraction of sp³-hybridized carbons (Fsp3) is 0.357. The van der Waals surface area contributed by atoms with E-state index in [0.29, 0.717) is 18.4 Å². The van der Waals surface area contributed by atoms with Crippen LogP contribution in [0, 0.1) is 0 Å². The molecule has 1 aromatic heterocycles. The Balaban J connectivity index is 2.02. The van der Waals surface area contributed by atoms with Crippen LogP contribution in [0.2, 0.25) is 0 Å². The molecule has 20 heavy (non-hydrogen) atoms. The highest BCUT2D eigenvalue weighted by Crippen LogP contribution is 2.29. The molecule has 0 aliphatic heterocycles. The zero-order valence-corrected chi connectivity index (χ0v) is 11.1. The first kappa shape index (κ1) is 14.6. The second-order valence-electron chi connectivity index (χ2n) is 4.85. The highest BCUT2D eigenvalue weighted by Gasteiger charge is 2.30. The van der Waals surface area contributed by atoms with E-state index in [1.807, 2.05) is 19.3 Å². The van der Waals surface area contributed by atoms with Gasteiger partial charge in [0.05, 0.1) is 11.3 Å². The average molecular weight is 283 g/mol. The molecular formula is C14H16F3N3. The Hall–Kier alpha value is -1.82. The van der Waals surface area contributed by atoms with E-state index in [2.05, 4.69) is 5.10 Å². The molecule has 1 aromatic carbocycles. The quantitative estimate of drug-likeness (QED) is 0.937. The van der Waals surface area contributed by atoms with Gasteiger partial charge < -0.3 is 5.73 Å². The predicted molar refractivity (Wildman–Crippen MR) is 70.0 cm³/mol. The monoisotopic (exact) mass is 283 g/mol. The minimum Gasteiger partial charge on any atom is -0.327 e. The molecule has 3 nitrogen and oxygen atoms in total. The molecule has 0 fully saturated rings. The van der Waals surface area contributed by atoms with Crippen LogP contribution in [0.1, 0.15) is 16.8 Å². The average Bonchev–Trinajstić information content (AvgIpc) is 2.73. The van der Waals surface area contributed by atoms with Gasteiger partial charge in [-0.1, -0.05) is 18.2 Å². The summed E-state index contributed by atoms with van der Waals surface area (Å²) in [6.07, 6.45) is -1.58. The molecule has 2 aromatic rings. The van der Waals surface area contributed by atoms with Crippen molar-refractivity contribution in [2.75, 3.05) is 0 Å². The van der Waals surface area contributed by atoms with Gasteiger partial charge in [-0.15, -0.1) is 0 Å². The number of aromatic nitrogens is 2. The lowest BCUT2D eigenvalue weighted by Crippen LogP contribution is -2.26. The lowest BCUT2D eigenvalue weighted by Gasteiger charge is -2.12. The first-order chi connectivity index (χ1) is 9.34. The minimum atomic E-state index is -4.32. The molecule has 2 rings (SSSR count). The van der Waals surface area contributed by atoms with Crippen LogP contribution in [0.25, 0.3) is 0 Å². The lowest BCUT2D eigenvalue weighted by molar-refractivity contribution is -0.137. The van der Waals surface area contributed by atoms with E-state index in [4.69, 9.17) is 5.73 Å². The van der Waals surface area contributed by atoms with Crippen molar-refractivity contribution in [1.82, 2.24) is 9.78 Å². The topological polar surface area (TPSA) is 43.8 Å². The van der Waals surface area contributed by atoms with Crippen molar-refractivity contribution in [2.24, 2.45) is 12.8 Å². The molecule has 1 atom stereocenters. The number of hydrogen-bond acceptors (Lipinski definition) is 2. The smallest absolute Gasteiger partial charge is 0.327 e. The van der Waals surface area contributed by atoms with E-state index in [0.717, 1.165) is 17.8 Å². The summed E-state index contributed by atoms with van der Waals surface area (Å²) in [5.41, 5.74) is 6.76. The van der Waals surface area contributed by atoms with Crippen molar-refractivity contribution < 1.29 is 13.2 Å². The fourth-order valence-corrected chi connectivity index (χ4v) is 2.09. The number of aryl methyl sites for hydroxylation is 1. The largest absolute Gasteiger partial charge is 0.416 e. The van der Waals surface area contributed by atoms with Gasteiger partial charge in [0.25, 0.3) is 0 Å². The molecule has 0 saturated carbocycles. The van der Waals surface area contributed by atoms with Crippen molar-refractivity contribution in [1.29, 1.82) is 0 Å². The van der Waals surface area contributed by atoms with E-state index in [1.165, 1.54) is 6.07 Å². The standard InChI is InChI=1S/C14H16F3N3/c1-20-6-5-13(19-20)9-12(18)8-10-3-2-4-11(7-10)14(15,16)17/h2-7,12H,8-9,18H2,1H3. The van der Waals surface area contributed by atoms with Gasteiger partial charge in [0.2, 0.25) is 0 Å². The molecule has 1 unspecified atom stereocenters.